The molecular weight excluding hydrogens is 200 g/mol. The van der Waals surface area contributed by atoms with E-state index in [2.05, 4.69) is 11.2 Å². The van der Waals surface area contributed by atoms with Crippen molar-refractivity contribution in [1.82, 2.24) is 0 Å². The lowest BCUT2D eigenvalue weighted by molar-refractivity contribution is -0.0590. The molecule has 1 fully saturated rings. The molecule has 1 aliphatic heterocycles. The van der Waals surface area contributed by atoms with Gasteiger partial charge in [0.1, 0.15) is 0 Å². The van der Waals surface area contributed by atoms with Crippen LogP contribution in [0.2, 0.25) is 0 Å². The summed E-state index contributed by atoms with van der Waals surface area (Å²) < 4.78 is 22.9. The van der Waals surface area contributed by atoms with Crippen LogP contribution in [0.25, 0.3) is 0 Å². The zero-order valence-electron chi connectivity index (χ0n) is 8.49. The van der Waals surface area contributed by atoms with Gasteiger partial charge in [-0.05, 0) is 29.5 Å². The van der Waals surface area contributed by atoms with Crippen LogP contribution in [-0.2, 0) is 9.47 Å². The molecule has 2 heterocycles. The van der Waals surface area contributed by atoms with Crippen molar-refractivity contribution < 1.29 is 15.3 Å². The van der Waals surface area contributed by atoms with Gasteiger partial charge in [0, 0.05) is 1.37 Å². The second kappa shape index (κ2) is 4.56. The highest BCUT2D eigenvalue weighted by atomic mass is 32.2. The van der Waals surface area contributed by atoms with Crippen LogP contribution >= 0.6 is 11.8 Å². The molecule has 0 spiro atoms. The van der Waals surface area contributed by atoms with E-state index in [1.54, 1.807) is 12.1 Å². The minimum absolute atomic E-state index is 0.232. The SMILES string of the molecule is [3H]CSC#Cc1ccc(C2OCCO2)o1. The van der Waals surface area contributed by atoms with Crippen LogP contribution in [0.15, 0.2) is 16.5 Å². The van der Waals surface area contributed by atoms with E-state index in [9.17, 15) is 0 Å². The first-order chi connectivity index (χ1) is 7.40. The Labute approximate surface area is 88.2 Å². The van der Waals surface area contributed by atoms with E-state index in [1.807, 2.05) is 0 Å². The topological polar surface area (TPSA) is 31.6 Å². The zero-order valence-corrected chi connectivity index (χ0v) is 8.30. The summed E-state index contributed by atoms with van der Waals surface area (Å²) >= 11 is 1.23. The average Bonchev–Trinajstić information content (AvgIpc) is 2.87. The minimum atomic E-state index is -0.385. The van der Waals surface area contributed by atoms with E-state index < -0.39 is 0 Å². The molecule has 74 valence electrons. The van der Waals surface area contributed by atoms with Gasteiger partial charge in [0.25, 0.3) is 0 Å². The first-order valence-corrected chi connectivity index (χ1v) is 5.13. The first-order valence-electron chi connectivity index (χ1n) is 4.86. The zero-order chi connectivity index (χ0) is 10.5. The number of hydrogen-bond acceptors (Lipinski definition) is 4. The summed E-state index contributed by atoms with van der Waals surface area (Å²) in [5.41, 5.74) is 0. The number of thioether (sulfide) groups is 1. The van der Waals surface area contributed by atoms with Crippen LogP contribution in [0.5, 0.6) is 0 Å². The molecule has 0 aromatic carbocycles. The molecule has 1 aliphatic rings. The van der Waals surface area contributed by atoms with E-state index in [4.69, 9.17) is 15.3 Å². The van der Waals surface area contributed by atoms with Crippen molar-refractivity contribution >= 4 is 11.8 Å². The summed E-state index contributed by atoms with van der Waals surface area (Å²) in [6, 6.07) is 3.57. The molecule has 0 aliphatic carbocycles. The van der Waals surface area contributed by atoms with Crippen molar-refractivity contribution in [2.45, 2.75) is 6.29 Å². The molecule has 1 saturated heterocycles. The summed E-state index contributed by atoms with van der Waals surface area (Å²) in [5, 5.41) is 2.76. The van der Waals surface area contributed by atoms with Gasteiger partial charge in [0.05, 0.1) is 13.2 Å². The van der Waals surface area contributed by atoms with Crippen molar-refractivity contribution in [2.75, 3.05) is 19.4 Å². The van der Waals surface area contributed by atoms with Crippen LogP contribution in [-0.4, -0.2) is 19.4 Å². The predicted octanol–water partition coefficient (Wildman–Crippen LogP) is 2.00. The van der Waals surface area contributed by atoms with Crippen LogP contribution in [0.4, 0.5) is 0 Å². The third kappa shape index (κ3) is 2.13. The molecule has 2 rings (SSSR count). The van der Waals surface area contributed by atoms with E-state index in [0.29, 0.717) is 24.7 Å². The fraction of sp³-hybridized carbons (Fsp3) is 0.400. The number of hydrogen-bond donors (Lipinski definition) is 0. The summed E-state index contributed by atoms with van der Waals surface area (Å²) in [6.45, 7) is 1.20. The maximum absolute atomic E-state index is 6.90. The maximum Gasteiger partial charge on any atom is 0.217 e. The summed E-state index contributed by atoms with van der Waals surface area (Å²) in [4.78, 5) is 0. The molecule has 14 heavy (non-hydrogen) atoms. The predicted molar refractivity (Wildman–Crippen MR) is 53.7 cm³/mol. The Balaban J connectivity index is 2.01. The molecule has 0 amide bonds. The first kappa shape index (κ1) is 8.42. The lowest BCUT2D eigenvalue weighted by atomic mass is 10.4. The molecule has 0 radical (unpaired) electrons. The third-order valence-corrected chi connectivity index (χ3v) is 1.97. The Morgan fingerprint density at radius 1 is 1.50 bits per heavy atom. The monoisotopic (exact) mass is 212 g/mol. The molecular formula is C10H10O3S. The van der Waals surface area contributed by atoms with E-state index in [-0.39, 0.29) is 12.5 Å². The fourth-order valence-corrected chi connectivity index (χ4v) is 1.33. The van der Waals surface area contributed by atoms with Crippen LogP contribution in [0, 0.1) is 11.2 Å². The third-order valence-electron chi connectivity index (χ3n) is 1.73. The van der Waals surface area contributed by atoms with Gasteiger partial charge in [0.2, 0.25) is 6.29 Å². The molecule has 0 atom stereocenters. The normalized spacial score (nSPS) is 17.6. The van der Waals surface area contributed by atoms with Gasteiger partial charge in [-0.25, -0.2) is 0 Å². The van der Waals surface area contributed by atoms with E-state index >= 15 is 0 Å². The van der Waals surface area contributed by atoms with Gasteiger partial charge in [-0.2, -0.15) is 0 Å². The average molecular weight is 212 g/mol. The lowest BCUT2D eigenvalue weighted by Gasteiger charge is -2.03. The second-order valence-electron chi connectivity index (χ2n) is 2.65. The Bertz CT molecular complexity index is 374. The summed E-state index contributed by atoms with van der Waals surface area (Å²) in [7, 11) is 0. The largest absolute Gasteiger partial charge is 0.447 e. The standard InChI is InChI=1S/C10H10O3S/c1-14-7-4-8-2-3-9(13-8)10-11-5-6-12-10/h2-3,10H,5-6H2,1H3/i1T. The Morgan fingerprint density at radius 3 is 3.14 bits per heavy atom. The maximum atomic E-state index is 6.90. The van der Waals surface area contributed by atoms with Crippen molar-refractivity contribution in [3.05, 3.63) is 23.7 Å². The van der Waals surface area contributed by atoms with E-state index in [0.717, 1.165) is 0 Å². The molecule has 3 nitrogen and oxygen atoms in total. The van der Waals surface area contributed by atoms with Crippen LogP contribution < -0.4 is 0 Å². The number of rotatable bonds is 1. The number of furan rings is 1. The van der Waals surface area contributed by atoms with Crippen molar-refractivity contribution in [3.8, 4) is 11.2 Å². The molecule has 1 aromatic rings. The molecule has 0 unspecified atom stereocenters. The highest BCUT2D eigenvalue weighted by molar-refractivity contribution is 8.03. The Morgan fingerprint density at radius 2 is 2.36 bits per heavy atom. The molecule has 4 heteroatoms. The Hall–Kier alpha value is -0.890. The van der Waals surface area contributed by atoms with Gasteiger partial charge < -0.3 is 13.9 Å². The summed E-state index contributed by atoms with van der Waals surface area (Å²) in [6.07, 6.45) is -0.153. The minimum Gasteiger partial charge on any atom is -0.447 e. The van der Waals surface area contributed by atoms with Crippen molar-refractivity contribution in [3.63, 3.8) is 0 Å². The summed E-state index contributed by atoms with van der Waals surface area (Å²) in [5.74, 6) is 4.02. The fourth-order valence-electron chi connectivity index (χ4n) is 1.16. The molecule has 1 aromatic heterocycles. The highest BCUT2D eigenvalue weighted by Crippen LogP contribution is 2.24. The van der Waals surface area contributed by atoms with Gasteiger partial charge in [0.15, 0.2) is 11.5 Å². The van der Waals surface area contributed by atoms with Crippen molar-refractivity contribution in [2.24, 2.45) is 0 Å². The second-order valence-corrected chi connectivity index (χ2v) is 3.14. The quantitative estimate of drug-likeness (QED) is 0.666. The molecule has 0 N–H and O–H groups in total. The van der Waals surface area contributed by atoms with Gasteiger partial charge >= 0.3 is 0 Å². The van der Waals surface area contributed by atoms with Gasteiger partial charge in [-0.15, -0.1) is 0 Å². The van der Waals surface area contributed by atoms with Crippen LogP contribution in [0.3, 0.4) is 0 Å². The Kier molecular flexibility index (Phi) is 2.74. The number of ether oxygens (including phenoxy) is 2. The van der Waals surface area contributed by atoms with Gasteiger partial charge in [-0.3, -0.25) is 0 Å². The molecule has 0 saturated carbocycles. The smallest absolute Gasteiger partial charge is 0.217 e. The van der Waals surface area contributed by atoms with E-state index in [1.165, 1.54) is 11.8 Å². The lowest BCUT2D eigenvalue weighted by Crippen LogP contribution is -1.94. The highest BCUT2D eigenvalue weighted by Gasteiger charge is 2.21. The molecule has 0 bridgehead atoms. The van der Waals surface area contributed by atoms with Gasteiger partial charge in [-0.1, -0.05) is 11.8 Å². The van der Waals surface area contributed by atoms with Crippen LogP contribution in [0.1, 0.15) is 19.2 Å². The van der Waals surface area contributed by atoms with Crippen molar-refractivity contribution in [1.29, 1.82) is 0 Å².